The van der Waals surface area contributed by atoms with E-state index in [0.717, 1.165) is 5.56 Å². The van der Waals surface area contributed by atoms with Crippen LogP contribution in [0.25, 0.3) is 6.08 Å². The van der Waals surface area contributed by atoms with Gasteiger partial charge < -0.3 is 0 Å². The van der Waals surface area contributed by atoms with Crippen LogP contribution < -0.4 is 0 Å². The van der Waals surface area contributed by atoms with Crippen molar-refractivity contribution in [3.05, 3.63) is 41.2 Å². The highest BCUT2D eigenvalue weighted by Gasteiger charge is 1.96. The summed E-state index contributed by atoms with van der Waals surface area (Å²) in [6.45, 7) is 1.66. The molecule has 0 aliphatic carbocycles. The van der Waals surface area contributed by atoms with Crippen LogP contribution in [0, 0.1) is 12.7 Å². The molecule has 0 amide bonds. The molecule has 0 atom stereocenters. The van der Waals surface area contributed by atoms with E-state index in [4.69, 9.17) is 11.6 Å². The molecule has 0 N–H and O–H groups in total. The lowest BCUT2D eigenvalue weighted by Gasteiger charge is -1.96. The van der Waals surface area contributed by atoms with Crippen molar-refractivity contribution in [3.63, 3.8) is 0 Å². The molecule has 3 heteroatoms. The van der Waals surface area contributed by atoms with E-state index in [1.807, 2.05) is 0 Å². The van der Waals surface area contributed by atoms with Crippen molar-refractivity contribution >= 4 is 22.9 Å². The molecule has 0 bridgehead atoms. The average Bonchev–Trinajstić information content (AvgIpc) is 2.07. The normalized spacial score (nSPS) is 10.7. The maximum atomic E-state index is 12.8. The number of carbonyl (C=O) groups is 1. The van der Waals surface area contributed by atoms with Crippen molar-refractivity contribution in [2.75, 3.05) is 0 Å². The third-order valence-corrected chi connectivity index (χ3v) is 1.71. The van der Waals surface area contributed by atoms with Crippen molar-refractivity contribution in [3.8, 4) is 0 Å². The summed E-state index contributed by atoms with van der Waals surface area (Å²) < 4.78 is 12.8. The lowest BCUT2D eigenvalue weighted by molar-refractivity contribution is -0.107. The molecule has 0 saturated carbocycles. The van der Waals surface area contributed by atoms with Gasteiger partial charge in [0.15, 0.2) is 0 Å². The first kappa shape index (κ1) is 9.93. The Labute approximate surface area is 80.8 Å². The zero-order valence-electron chi connectivity index (χ0n) is 7.05. The minimum atomic E-state index is -0.540. The Morgan fingerprint density at radius 2 is 2.23 bits per heavy atom. The van der Waals surface area contributed by atoms with Crippen molar-refractivity contribution in [1.29, 1.82) is 0 Å². The van der Waals surface area contributed by atoms with E-state index >= 15 is 0 Å². The van der Waals surface area contributed by atoms with Crippen LogP contribution in [0.5, 0.6) is 0 Å². The van der Waals surface area contributed by atoms with E-state index in [-0.39, 0.29) is 5.82 Å². The standard InChI is InChI=1S/C10H8ClFO/c1-7-6-8(2-4-9(7)12)3-5-10(11)13/h2-6H,1H3/b5-3+. The molecule has 0 aliphatic heterocycles. The van der Waals surface area contributed by atoms with Crippen LogP contribution in [0.2, 0.25) is 0 Å². The van der Waals surface area contributed by atoms with Gasteiger partial charge in [0, 0.05) is 0 Å². The summed E-state index contributed by atoms with van der Waals surface area (Å²) in [6, 6.07) is 4.58. The van der Waals surface area contributed by atoms with Gasteiger partial charge in [-0.2, -0.15) is 0 Å². The first-order valence-electron chi connectivity index (χ1n) is 3.73. The number of hydrogen-bond donors (Lipinski definition) is 0. The summed E-state index contributed by atoms with van der Waals surface area (Å²) in [7, 11) is 0. The highest BCUT2D eigenvalue weighted by Crippen LogP contribution is 2.10. The zero-order valence-corrected chi connectivity index (χ0v) is 7.81. The number of aryl methyl sites for hydroxylation is 1. The maximum Gasteiger partial charge on any atom is 0.245 e. The molecule has 0 aliphatic rings. The molecular formula is C10H8ClFO. The van der Waals surface area contributed by atoms with Gasteiger partial charge in [0.1, 0.15) is 5.82 Å². The van der Waals surface area contributed by atoms with Crippen LogP contribution in [0.4, 0.5) is 4.39 Å². The fourth-order valence-electron chi connectivity index (χ4n) is 0.933. The van der Waals surface area contributed by atoms with E-state index in [9.17, 15) is 9.18 Å². The number of rotatable bonds is 2. The Balaban J connectivity index is 2.92. The van der Waals surface area contributed by atoms with Crippen molar-refractivity contribution in [2.24, 2.45) is 0 Å². The van der Waals surface area contributed by atoms with Crippen LogP contribution in [-0.4, -0.2) is 5.24 Å². The summed E-state index contributed by atoms with van der Waals surface area (Å²) in [5.41, 5.74) is 1.30. The second-order valence-electron chi connectivity index (χ2n) is 2.65. The second-order valence-corrected chi connectivity index (χ2v) is 3.02. The summed E-state index contributed by atoms with van der Waals surface area (Å²) in [6.07, 6.45) is 2.77. The van der Waals surface area contributed by atoms with Gasteiger partial charge in [-0.3, -0.25) is 4.79 Å². The van der Waals surface area contributed by atoms with Crippen LogP contribution in [0.15, 0.2) is 24.3 Å². The molecule has 0 unspecified atom stereocenters. The predicted octanol–water partition coefficient (Wildman–Crippen LogP) is 2.91. The maximum absolute atomic E-state index is 12.8. The number of allylic oxidation sites excluding steroid dienone is 1. The van der Waals surface area contributed by atoms with Crippen molar-refractivity contribution in [1.82, 2.24) is 0 Å². The van der Waals surface area contributed by atoms with Crippen LogP contribution >= 0.6 is 11.6 Å². The Morgan fingerprint density at radius 1 is 1.54 bits per heavy atom. The Bertz CT molecular complexity index is 358. The molecule has 1 aromatic rings. The molecule has 0 heterocycles. The molecule has 0 spiro atoms. The third-order valence-electron chi connectivity index (χ3n) is 1.59. The first-order valence-corrected chi connectivity index (χ1v) is 4.11. The van der Waals surface area contributed by atoms with E-state index in [1.165, 1.54) is 12.1 Å². The number of halogens is 2. The fraction of sp³-hybridized carbons (Fsp3) is 0.100. The van der Waals surface area contributed by atoms with Crippen molar-refractivity contribution in [2.45, 2.75) is 6.92 Å². The Morgan fingerprint density at radius 3 is 2.77 bits per heavy atom. The van der Waals surface area contributed by atoms with E-state index in [1.54, 1.807) is 25.1 Å². The molecular weight excluding hydrogens is 191 g/mol. The van der Waals surface area contributed by atoms with Gasteiger partial charge in [-0.1, -0.05) is 12.1 Å². The highest BCUT2D eigenvalue weighted by molar-refractivity contribution is 6.66. The lowest BCUT2D eigenvalue weighted by Crippen LogP contribution is -1.83. The quantitative estimate of drug-likeness (QED) is 0.528. The molecule has 0 aromatic heterocycles. The lowest BCUT2D eigenvalue weighted by atomic mass is 10.1. The summed E-state index contributed by atoms with van der Waals surface area (Å²) >= 11 is 5.10. The van der Waals surface area contributed by atoms with E-state index in [2.05, 4.69) is 0 Å². The second kappa shape index (κ2) is 4.19. The predicted molar refractivity (Wildman–Crippen MR) is 51.0 cm³/mol. The number of hydrogen-bond acceptors (Lipinski definition) is 1. The monoisotopic (exact) mass is 198 g/mol. The molecule has 13 heavy (non-hydrogen) atoms. The van der Waals surface area contributed by atoms with Crippen molar-refractivity contribution < 1.29 is 9.18 Å². The molecule has 1 aromatic carbocycles. The fourth-order valence-corrected chi connectivity index (χ4v) is 0.996. The summed E-state index contributed by atoms with van der Waals surface area (Å²) in [5.74, 6) is -0.255. The first-order chi connectivity index (χ1) is 6.09. The van der Waals surface area contributed by atoms with Crippen LogP contribution in [-0.2, 0) is 4.79 Å². The minimum Gasteiger partial charge on any atom is -0.276 e. The average molecular weight is 199 g/mol. The van der Waals surface area contributed by atoms with Gasteiger partial charge in [0.2, 0.25) is 5.24 Å². The highest BCUT2D eigenvalue weighted by atomic mass is 35.5. The zero-order chi connectivity index (χ0) is 9.84. The van der Waals surface area contributed by atoms with Gasteiger partial charge in [-0.25, -0.2) is 4.39 Å². The van der Waals surface area contributed by atoms with Gasteiger partial charge in [0.05, 0.1) is 0 Å². The number of carbonyl (C=O) groups excluding carboxylic acids is 1. The van der Waals surface area contributed by atoms with Gasteiger partial charge in [0.25, 0.3) is 0 Å². The molecule has 0 fully saturated rings. The Hall–Kier alpha value is -1.15. The number of benzene rings is 1. The minimum absolute atomic E-state index is 0.255. The van der Waals surface area contributed by atoms with Gasteiger partial charge in [-0.15, -0.1) is 0 Å². The largest absolute Gasteiger partial charge is 0.276 e. The molecule has 1 rings (SSSR count). The van der Waals surface area contributed by atoms with Gasteiger partial charge >= 0.3 is 0 Å². The van der Waals surface area contributed by atoms with E-state index < -0.39 is 5.24 Å². The van der Waals surface area contributed by atoms with Gasteiger partial charge in [-0.05, 0) is 47.9 Å². The van der Waals surface area contributed by atoms with E-state index in [0.29, 0.717) is 5.56 Å². The summed E-state index contributed by atoms with van der Waals surface area (Å²) in [4.78, 5) is 10.4. The SMILES string of the molecule is Cc1cc(/C=C/C(=O)Cl)ccc1F. The molecule has 68 valence electrons. The van der Waals surface area contributed by atoms with Crippen LogP contribution in [0.1, 0.15) is 11.1 Å². The third kappa shape index (κ3) is 2.99. The smallest absolute Gasteiger partial charge is 0.245 e. The topological polar surface area (TPSA) is 17.1 Å². The molecule has 1 nitrogen and oxygen atoms in total. The molecule has 0 radical (unpaired) electrons. The Kier molecular flexibility index (Phi) is 3.20. The van der Waals surface area contributed by atoms with Crippen LogP contribution in [0.3, 0.4) is 0 Å². The molecule has 0 saturated heterocycles. The summed E-state index contributed by atoms with van der Waals surface area (Å²) in [5, 5.41) is -0.540.